The van der Waals surface area contributed by atoms with E-state index in [4.69, 9.17) is 0 Å². The van der Waals surface area contributed by atoms with Crippen molar-refractivity contribution >= 4 is 5.78 Å². The number of fused-ring (bicyclic) bond motifs is 5. The van der Waals surface area contributed by atoms with Crippen LogP contribution in [0.5, 0.6) is 0 Å². The molecular formula is C21H32O3. The molecule has 0 unspecified atom stereocenters. The van der Waals surface area contributed by atoms with Crippen molar-refractivity contribution in [3.8, 4) is 0 Å². The van der Waals surface area contributed by atoms with Gasteiger partial charge in [-0.1, -0.05) is 31.9 Å². The second-order valence-corrected chi connectivity index (χ2v) is 9.42. The lowest BCUT2D eigenvalue weighted by molar-refractivity contribution is -0.155. The van der Waals surface area contributed by atoms with E-state index in [1.807, 2.05) is 0 Å². The van der Waals surface area contributed by atoms with Gasteiger partial charge in [-0.25, -0.2) is 0 Å². The molecule has 24 heavy (non-hydrogen) atoms. The van der Waals surface area contributed by atoms with E-state index in [0.29, 0.717) is 17.3 Å². The molecule has 0 spiro atoms. The summed E-state index contributed by atoms with van der Waals surface area (Å²) in [4.78, 5) is 12.3. The van der Waals surface area contributed by atoms with E-state index in [2.05, 4.69) is 19.9 Å². The molecule has 0 aromatic heterocycles. The summed E-state index contributed by atoms with van der Waals surface area (Å²) >= 11 is 0. The highest BCUT2D eigenvalue weighted by atomic mass is 16.5. The minimum absolute atomic E-state index is 0.0294. The zero-order valence-corrected chi connectivity index (χ0v) is 15.1. The summed E-state index contributed by atoms with van der Waals surface area (Å²) in [6.45, 7) is 4.76. The zero-order valence-electron chi connectivity index (χ0n) is 15.1. The lowest BCUT2D eigenvalue weighted by Gasteiger charge is -2.57. The fourth-order valence-electron chi connectivity index (χ4n) is 7.35. The predicted octanol–water partition coefficient (Wildman–Crippen LogP) is 3.84. The van der Waals surface area contributed by atoms with Crippen molar-refractivity contribution < 1.29 is 15.0 Å². The molecule has 2 N–H and O–H groups in total. The number of carbonyl (C=O) groups is 1. The first-order valence-corrected chi connectivity index (χ1v) is 9.97. The highest BCUT2D eigenvalue weighted by Crippen LogP contribution is 2.66. The molecule has 0 aromatic carbocycles. The summed E-state index contributed by atoms with van der Waals surface area (Å²) in [7, 11) is 0. The summed E-state index contributed by atoms with van der Waals surface area (Å²) in [6.07, 6.45) is 11.5. The van der Waals surface area contributed by atoms with Crippen LogP contribution < -0.4 is 0 Å². The third-order valence-corrected chi connectivity index (χ3v) is 8.62. The number of carbonyl (C=O) groups excluding carboxylic acids is 1. The molecule has 6 atom stereocenters. The molecule has 0 heterocycles. The molecule has 0 aromatic rings. The largest absolute Gasteiger partial charge is 0.362 e. The van der Waals surface area contributed by atoms with Gasteiger partial charge in [-0.2, -0.15) is 0 Å². The van der Waals surface area contributed by atoms with Gasteiger partial charge >= 0.3 is 0 Å². The van der Waals surface area contributed by atoms with Crippen LogP contribution in [0.1, 0.15) is 71.6 Å². The van der Waals surface area contributed by atoms with E-state index >= 15 is 0 Å². The Morgan fingerprint density at radius 2 is 1.92 bits per heavy atom. The minimum atomic E-state index is -1.79. The Morgan fingerprint density at radius 3 is 2.67 bits per heavy atom. The van der Waals surface area contributed by atoms with Crippen LogP contribution >= 0.6 is 0 Å². The van der Waals surface area contributed by atoms with Crippen LogP contribution in [0.15, 0.2) is 11.6 Å². The minimum Gasteiger partial charge on any atom is -0.362 e. The number of hydrogen-bond donors (Lipinski definition) is 2. The van der Waals surface area contributed by atoms with Gasteiger partial charge in [0, 0.05) is 5.92 Å². The summed E-state index contributed by atoms with van der Waals surface area (Å²) < 4.78 is 0. The number of ketones is 1. The van der Waals surface area contributed by atoms with Gasteiger partial charge in [0.05, 0.1) is 0 Å². The van der Waals surface area contributed by atoms with Gasteiger partial charge in [0.25, 0.3) is 0 Å². The smallest absolute Gasteiger partial charge is 0.213 e. The first-order chi connectivity index (χ1) is 11.4. The molecule has 0 bridgehead atoms. The molecule has 3 saturated carbocycles. The Kier molecular flexibility index (Phi) is 3.96. The Bertz CT molecular complexity index is 565. The van der Waals surface area contributed by atoms with Crippen molar-refractivity contribution in [1.82, 2.24) is 0 Å². The summed E-state index contributed by atoms with van der Waals surface area (Å²) in [5.74, 6) is 1.52. The second-order valence-electron chi connectivity index (χ2n) is 9.42. The van der Waals surface area contributed by atoms with Crippen molar-refractivity contribution in [2.45, 2.75) is 77.9 Å². The monoisotopic (exact) mass is 332 g/mol. The van der Waals surface area contributed by atoms with Crippen molar-refractivity contribution in [1.29, 1.82) is 0 Å². The van der Waals surface area contributed by atoms with Crippen LogP contribution in [0.2, 0.25) is 0 Å². The van der Waals surface area contributed by atoms with E-state index in [-0.39, 0.29) is 17.1 Å². The normalized spacial score (nSPS) is 47.6. The van der Waals surface area contributed by atoms with E-state index in [1.54, 1.807) is 5.57 Å². The number of hydrogen-bond acceptors (Lipinski definition) is 3. The summed E-state index contributed by atoms with van der Waals surface area (Å²) in [6, 6.07) is 0. The van der Waals surface area contributed by atoms with Crippen molar-refractivity contribution in [2.75, 3.05) is 0 Å². The van der Waals surface area contributed by atoms with Crippen LogP contribution in [0, 0.1) is 34.5 Å². The molecule has 4 rings (SSSR count). The quantitative estimate of drug-likeness (QED) is 0.597. The Labute approximate surface area is 145 Å². The molecule has 134 valence electrons. The molecule has 3 heteroatoms. The Hall–Kier alpha value is -0.670. The predicted molar refractivity (Wildman–Crippen MR) is 93.0 cm³/mol. The van der Waals surface area contributed by atoms with Crippen LogP contribution in [-0.2, 0) is 4.79 Å². The van der Waals surface area contributed by atoms with Crippen molar-refractivity contribution in [2.24, 2.45) is 34.5 Å². The number of rotatable bonds is 2. The van der Waals surface area contributed by atoms with Gasteiger partial charge in [-0.05, 0) is 80.0 Å². The van der Waals surface area contributed by atoms with E-state index in [9.17, 15) is 15.0 Å². The van der Waals surface area contributed by atoms with Gasteiger partial charge in [0.2, 0.25) is 6.29 Å². The van der Waals surface area contributed by atoms with Gasteiger partial charge in [-0.3, -0.25) is 4.79 Å². The van der Waals surface area contributed by atoms with Gasteiger partial charge in [-0.15, -0.1) is 0 Å². The zero-order chi connectivity index (χ0) is 17.1. The maximum absolute atomic E-state index is 12.3. The highest BCUT2D eigenvalue weighted by molar-refractivity contribution is 5.84. The fraction of sp³-hybridized carbons (Fsp3) is 0.857. The van der Waals surface area contributed by atoms with Crippen LogP contribution in [0.4, 0.5) is 0 Å². The second kappa shape index (κ2) is 5.67. The molecule has 0 saturated heterocycles. The van der Waals surface area contributed by atoms with E-state index in [0.717, 1.165) is 25.2 Å². The Balaban J connectivity index is 1.64. The van der Waals surface area contributed by atoms with Gasteiger partial charge in [0.1, 0.15) is 0 Å². The maximum Gasteiger partial charge on any atom is 0.213 e. The molecule has 4 aliphatic carbocycles. The van der Waals surface area contributed by atoms with E-state index in [1.165, 1.54) is 38.5 Å². The van der Waals surface area contributed by atoms with Gasteiger partial charge < -0.3 is 10.2 Å². The molecule has 3 nitrogen and oxygen atoms in total. The highest BCUT2D eigenvalue weighted by Gasteiger charge is 2.59. The van der Waals surface area contributed by atoms with Crippen molar-refractivity contribution in [3.63, 3.8) is 0 Å². The van der Waals surface area contributed by atoms with Crippen molar-refractivity contribution in [3.05, 3.63) is 11.6 Å². The number of aliphatic hydroxyl groups excluding tert-OH is 1. The molecular weight excluding hydrogens is 300 g/mol. The van der Waals surface area contributed by atoms with Gasteiger partial charge in [0.15, 0.2) is 5.78 Å². The van der Waals surface area contributed by atoms with Crippen LogP contribution in [0.3, 0.4) is 0 Å². The SMILES string of the molecule is C[C@]12CC[C@H]3[C@@H](CC=C4CCCC[C@@]43C)[C@@H]1CC[C@@H]2C(=O)C(O)O. The third-order valence-electron chi connectivity index (χ3n) is 8.62. The average Bonchev–Trinajstić information content (AvgIpc) is 2.90. The summed E-state index contributed by atoms with van der Waals surface area (Å²) in [5.41, 5.74) is 2.08. The van der Waals surface area contributed by atoms with Crippen LogP contribution in [0.25, 0.3) is 0 Å². The number of allylic oxidation sites excluding steroid dienone is 2. The molecule has 0 radical (unpaired) electrons. The van der Waals surface area contributed by atoms with Crippen LogP contribution in [-0.4, -0.2) is 22.3 Å². The fourth-order valence-corrected chi connectivity index (χ4v) is 7.35. The van der Waals surface area contributed by atoms with E-state index < -0.39 is 6.29 Å². The number of aliphatic hydroxyl groups is 2. The third kappa shape index (κ3) is 2.20. The standard InChI is InChI=1S/C21H32O3/c1-20-11-4-3-5-13(20)6-7-14-15-8-9-17(18(22)19(23)24)21(15,2)12-10-16(14)20/h6,14-17,19,23-24H,3-5,7-12H2,1-2H3/t14-,15-,16-,17+,20-,21-/m0/s1. The molecule has 0 amide bonds. The Morgan fingerprint density at radius 1 is 1.12 bits per heavy atom. The first-order valence-electron chi connectivity index (χ1n) is 9.97. The number of Topliss-reactive ketones (excluding diaryl/α,β-unsaturated/α-hetero) is 1. The molecule has 0 aliphatic heterocycles. The maximum atomic E-state index is 12.3. The molecule has 3 fully saturated rings. The topological polar surface area (TPSA) is 57.5 Å². The summed E-state index contributed by atoms with van der Waals surface area (Å²) in [5, 5.41) is 18.8. The average molecular weight is 332 g/mol. The lowest BCUT2D eigenvalue weighted by Crippen LogP contribution is -2.50. The first kappa shape index (κ1) is 16.8. The lowest BCUT2D eigenvalue weighted by atomic mass is 9.47. The molecule has 4 aliphatic rings.